The van der Waals surface area contributed by atoms with Crippen LogP contribution < -0.4 is 14.8 Å². The fourth-order valence-electron chi connectivity index (χ4n) is 3.85. The average Bonchev–Trinajstić information content (AvgIpc) is 3.33. The van der Waals surface area contributed by atoms with Crippen molar-refractivity contribution in [3.05, 3.63) is 41.6 Å². The summed E-state index contributed by atoms with van der Waals surface area (Å²) in [4.78, 5) is 6.68. The largest absolute Gasteiger partial charge is 0.493 e. The third-order valence-corrected chi connectivity index (χ3v) is 5.28. The lowest BCUT2D eigenvalue weighted by Gasteiger charge is -2.35. The molecule has 146 valence electrons. The Hall–Kier alpha value is -2.94. The predicted molar refractivity (Wildman–Crippen MR) is 100 cm³/mol. The monoisotopic (exact) mass is 384 g/mol. The van der Waals surface area contributed by atoms with Gasteiger partial charge in [-0.3, -0.25) is 0 Å². The van der Waals surface area contributed by atoms with E-state index in [9.17, 15) is 4.39 Å². The lowest BCUT2D eigenvalue weighted by atomic mass is 10.0. The van der Waals surface area contributed by atoms with E-state index in [1.165, 1.54) is 6.07 Å². The zero-order chi connectivity index (χ0) is 19.1. The number of benzene rings is 1. The number of rotatable bonds is 6. The van der Waals surface area contributed by atoms with Crippen LogP contribution in [0, 0.1) is 11.7 Å². The van der Waals surface area contributed by atoms with E-state index in [-0.39, 0.29) is 5.82 Å². The molecule has 0 amide bonds. The van der Waals surface area contributed by atoms with Gasteiger partial charge in [0.15, 0.2) is 5.75 Å². The molecule has 1 fully saturated rings. The number of hydrogen-bond donors (Lipinski definition) is 1. The summed E-state index contributed by atoms with van der Waals surface area (Å²) in [7, 11) is 2.09. The molecule has 0 saturated carbocycles. The summed E-state index contributed by atoms with van der Waals surface area (Å²) in [6, 6.07) is 3.13. The molecule has 9 heteroatoms. The normalized spacial score (nSPS) is 16.6. The molecule has 5 rings (SSSR count). The first-order valence-electron chi connectivity index (χ1n) is 9.36. The molecule has 0 bridgehead atoms. The first kappa shape index (κ1) is 17.2. The van der Waals surface area contributed by atoms with Crippen molar-refractivity contribution in [2.45, 2.75) is 13.0 Å². The molecule has 0 aliphatic carbocycles. The molecular formula is C19H21FN6O2. The van der Waals surface area contributed by atoms with Crippen molar-refractivity contribution in [2.24, 2.45) is 5.92 Å². The van der Waals surface area contributed by atoms with Gasteiger partial charge in [0.2, 0.25) is 11.6 Å². The maximum Gasteiger partial charge on any atom is 0.210 e. The Morgan fingerprint density at radius 3 is 3.11 bits per heavy atom. The van der Waals surface area contributed by atoms with E-state index in [4.69, 9.17) is 9.47 Å². The number of aromatic nitrogens is 4. The number of fused-ring (bicyclic) bond motifs is 2. The SMILES string of the molecule is CN1CC(COc2cnc(NCc3c(F)ccc4c3CCO4)n3cnnc23)C1. The Kier molecular flexibility index (Phi) is 4.23. The summed E-state index contributed by atoms with van der Waals surface area (Å²) in [5.41, 5.74) is 2.11. The second-order valence-corrected chi connectivity index (χ2v) is 7.32. The number of halogens is 1. The Morgan fingerprint density at radius 2 is 2.25 bits per heavy atom. The molecule has 2 aromatic heterocycles. The highest BCUT2D eigenvalue weighted by Crippen LogP contribution is 2.31. The van der Waals surface area contributed by atoms with E-state index in [2.05, 4.69) is 32.4 Å². The van der Waals surface area contributed by atoms with Gasteiger partial charge >= 0.3 is 0 Å². The summed E-state index contributed by atoms with van der Waals surface area (Å²) in [6.07, 6.45) is 3.93. The van der Waals surface area contributed by atoms with Crippen LogP contribution in [-0.2, 0) is 13.0 Å². The van der Waals surface area contributed by atoms with Crippen molar-refractivity contribution in [1.82, 2.24) is 24.5 Å². The number of anilines is 1. The second kappa shape index (κ2) is 6.90. The highest BCUT2D eigenvalue weighted by molar-refractivity contribution is 5.56. The number of ether oxygens (including phenoxy) is 2. The summed E-state index contributed by atoms with van der Waals surface area (Å²) in [5, 5.41) is 11.3. The van der Waals surface area contributed by atoms with Crippen LogP contribution in [0.2, 0.25) is 0 Å². The maximum absolute atomic E-state index is 14.3. The van der Waals surface area contributed by atoms with Gasteiger partial charge in [-0.2, -0.15) is 0 Å². The van der Waals surface area contributed by atoms with Crippen LogP contribution in [0.5, 0.6) is 11.5 Å². The van der Waals surface area contributed by atoms with Gasteiger partial charge in [0.25, 0.3) is 0 Å². The fraction of sp³-hybridized carbons (Fsp3) is 0.421. The molecular weight excluding hydrogens is 363 g/mol. The second-order valence-electron chi connectivity index (χ2n) is 7.32. The summed E-state index contributed by atoms with van der Waals surface area (Å²) >= 11 is 0. The Labute approximate surface area is 161 Å². The van der Waals surface area contributed by atoms with Gasteiger partial charge < -0.3 is 19.7 Å². The predicted octanol–water partition coefficient (Wildman–Crippen LogP) is 1.75. The zero-order valence-electron chi connectivity index (χ0n) is 15.6. The van der Waals surface area contributed by atoms with Gasteiger partial charge in [0.05, 0.1) is 19.4 Å². The van der Waals surface area contributed by atoms with Gasteiger partial charge in [-0.15, -0.1) is 10.2 Å². The Balaban J connectivity index is 1.34. The van der Waals surface area contributed by atoms with Crippen molar-refractivity contribution >= 4 is 11.6 Å². The van der Waals surface area contributed by atoms with Crippen LogP contribution in [-0.4, -0.2) is 57.8 Å². The summed E-state index contributed by atoms with van der Waals surface area (Å²) < 4.78 is 27.5. The molecule has 1 N–H and O–H groups in total. The van der Waals surface area contributed by atoms with Crippen molar-refractivity contribution in [2.75, 3.05) is 38.7 Å². The van der Waals surface area contributed by atoms with E-state index in [0.717, 1.165) is 24.4 Å². The van der Waals surface area contributed by atoms with Crippen molar-refractivity contribution in [3.63, 3.8) is 0 Å². The van der Waals surface area contributed by atoms with E-state index < -0.39 is 0 Å². The minimum absolute atomic E-state index is 0.248. The van der Waals surface area contributed by atoms with Crippen LogP contribution in [0.15, 0.2) is 24.7 Å². The number of nitrogens with one attached hydrogen (secondary N) is 1. The quantitative estimate of drug-likeness (QED) is 0.694. The van der Waals surface area contributed by atoms with Gasteiger partial charge in [0.1, 0.15) is 17.9 Å². The zero-order valence-corrected chi connectivity index (χ0v) is 15.6. The topological polar surface area (TPSA) is 76.8 Å². The average molecular weight is 384 g/mol. The Morgan fingerprint density at radius 1 is 1.36 bits per heavy atom. The third-order valence-electron chi connectivity index (χ3n) is 5.28. The number of hydrogen-bond acceptors (Lipinski definition) is 7. The first-order chi connectivity index (χ1) is 13.7. The van der Waals surface area contributed by atoms with E-state index >= 15 is 0 Å². The fourth-order valence-corrected chi connectivity index (χ4v) is 3.85. The summed E-state index contributed by atoms with van der Waals surface area (Å²) in [5.74, 6) is 2.16. The molecule has 3 aromatic rings. The van der Waals surface area contributed by atoms with Crippen LogP contribution >= 0.6 is 0 Å². The van der Waals surface area contributed by atoms with Gasteiger partial charge in [-0.05, 0) is 19.2 Å². The van der Waals surface area contributed by atoms with Crippen LogP contribution in [0.1, 0.15) is 11.1 Å². The number of likely N-dealkylation sites (tertiary alicyclic amines) is 1. The molecule has 2 aliphatic heterocycles. The smallest absolute Gasteiger partial charge is 0.210 e. The van der Waals surface area contributed by atoms with Crippen LogP contribution in [0.4, 0.5) is 10.3 Å². The van der Waals surface area contributed by atoms with Gasteiger partial charge in [0, 0.05) is 43.1 Å². The van der Waals surface area contributed by atoms with Crippen LogP contribution in [0.25, 0.3) is 5.65 Å². The van der Waals surface area contributed by atoms with Crippen molar-refractivity contribution in [3.8, 4) is 11.5 Å². The van der Waals surface area contributed by atoms with E-state index in [1.54, 1.807) is 23.0 Å². The van der Waals surface area contributed by atoms with Gasteiger partial charge in [-0.1, -0.05) is 0 Å². The highest BCUT2D eigenvalue weighted by Gasteiger charge is 2.24. The van der Waals surface area contributed by atoms with E-state index in [1.807, 2.05) is 0 Å². The van der Waals surface area contributed by atoms with Crippen LogP contribution in [0.3, 0.4) is 0 Å². The minimum Gasteiger partial charge on any atom is -0.493 e. The molecule has 4 heterocycles. The molecule has 0 radical (unpaired) electrons. The minimum atomic E-state index is -0.248. The molecule has 1 saturated heterocycles. The molecule has 28 heavy (non-hydrogen) atoms. The first-order valence-corrected chi connectivity index (χ1v) is 9.36. The number of nitrogens with zero attached hydrogens (tertiary/aromatic N) is 5. The van der Waals surface area contributed by atoms with Crippen molar-refractivity contribution < 1.29 is 13.9 Å². The molecule has 2 aliphatic rings. The van der Waals surface area contributed by atoms with Gasteiger partial charge in [-0.25, -0.2) is 13.8 Å². The Bertz CT molecular complexity index is 1020. The van der Waals surface area contributed by atoms with Crippen molar-refractivity contribution in [1.29, 1.82) is 0 Å². The molecule has 1 aromatic carbocycles. The summed E-state index contributed by atoms with van der Waals surface area (Å²) in [6.45, 7) is 3.58. The highest BCUT2D eigenvalue weighted by atomic mass is 19.1. The lowest BCUT2D eigenvalue weighted by molar-refractivity contribution is 0.0860. The van der Waals surface area contributed by atoms with E-state index in [0.29, 0.717) is 55.0 Å². The third kappa shape index (κ3) is 3.01. The lowest BCUT2D eigenvalue weighted by Crippen LogP contribution is -2.46. The molecule has 8 nitrogen and oxygen atoms in total. The molecule has 0 atom stereocenters. The molecule has 0 spiro atoms. The molecule has 0 unspecified atom stereocenters. The maximum atomic E-state index is 14.3. The standard InChI is InChI=1S/C19H21FN6O2/c1-25-8-12(9-25)10-28-17-7-22-19(26-11-23-24-18(17)26)21-6-14-13-4-5-27-16(13)3-2-15(14)20/h2-3,7,11-12H,4-6,8-10H2,1H3,(H,21,22).